The van der Waals surface area contributed by atoms with Crippen LogP contribution in [0.1, 0.15) is 20.3 Å². The molecule has 0 aliphatic carbocycles. The summed E-state index contributed by atoms with van der Waals surface area (Å²) in [6.07, 6.45) is 2.95. The van der Waals surface area contributed by atoms with Crippen molar-refractivity contribution in [2.45, 2.75) is 20.3 Å². The van der Waals surface area contributed by atoms with Gasteiger partial charge in [0.25, 0.3) is 0 Å². The number of hydrogen-bond acceptors (Lipinski definition) is 0. The van der Waals surface area contributed by atoms with Gasteiger partial charge >= 0.3 is 0 Å². The largest absolute Gasteiger partial charge is 0.126 e. The van der Waals surface area contributed by atoms with E-state index in [4.69, 9.17) is 11.6 Å². The first-order valence-electron chi connectivity index (χ1n) is 3.09. The molecule has 0 rings (SSSR count). The summed E-state index contributed by atoms with van der Waals surface area (Å²) in [5.41, 5.74) is 2.39. The van der Waals surface area contributed by atoms with Gasteiger partial charge < -0.3 is 0 Å². The number of alkyl halides is 1. The SMILES string of the molecule is C=C(CCCl)/C(C)=C/C. The lowest BCUT2D eigenvalue weighted by Gasteiger charge is -2.00. The fraction of sp³-hybridized carbons (Fsp3) is 0.500. The van der Waals surface area contributed by atoms with E-state index in [1.807, 2.05) is 6.92 Å². The van der Waals surface area contributed by atoms with Crippen molar-refractivity contribution in [3.63, 3.8) is 0 Å². The van der Waals surface area contributed by atoms with E-state index in [1.165, 1.54) is 5.57 Å². The number of hydrogen-bond donors (Lipinski definition) is 0. The molecule has 0 aliphatic heterocycles. The topological polar surface area (TPSA) is 0 Å². The summed E-state index contributed by atoms with van der Waals surface area (Å²) in [6.45, 7) is 7.92. The Morgan fingerprint density at radius 2 is 2.22 bits per heavy atom. The lowest BCUT2D eigenvalue weighted by atomic mass is 10.1. The molecule has 0 unspecified atom stereocenters. The van der Waals surface area contributed by atoms with Crippen molar-refractivity contribution >= 4 is 11.6 Å². The van der Waals surface area contributed by atoms with Crippen LogP contribution in [0.25, 0.3) is 0 Å². The van der Waals surface area contributed by atoms with Gasteiger partial charge in [-0.3, -0.25) is 0 Å². The van der Waals surface area contributed by atoms with Crippen molar-refractivity contribution in [2.24, 2.45) is 0 Å². The Balaban J connectivity index is 3.74. The average molecular weight is 145 g/mol. The summed E-state index contributed by atoms with van der Waals surface area (Å²) in [5, 5.41) is 0. The molecule has 0 radical (unpaired) electrons. The Bertz CT molecular complexity index is 123. The highest BCUT2D eigenvalue weighted by atomic mass is 35.5. The molecule has 0 N–H and O–H groups in total. The zero-order valence-electron chi connectivity index (χ0n) is 6.08. The standard InChI is InChI=1S/C8H13Cl/c1-4-7(2)8(3)5-6-9/h4H,3,5-6H2,1-2H3/b7-4+. The monoisotopic (exact) mass is 144 g/mol. The van der Waals surface area contributed by atoms with E-state index in [-0.39, 0.29) is 0 Å². The van der Waals surface area contributed by atoms with Gasteiger partial charge in [-0.15, -0.1) is 11.6 Å². The van der Waals surface area contributed by atoms with E-state index < -0.39 is 0 Å². The van der Waals surface area contributed by atoms with Crippen molar-refractivity contribution in [1.82, 2.24) is 0 Å². The number of allylic oxidation sites excluding steroid dienone is 3. The van der Waals surface area contributed by atoms with Crippen LogP contribution in [0.4, 0.5) is 0 Å². The lowest BCUT2D eigenvalue weighted by molar-refractivity contribution is 1.12. The minimum atomic E-state index is 0.671. The highest BCUT2D eigenvalue weighted by Crippen LogP contribution is 2.10. The minimum Gasteiger partial charge on any atom is -0.126 e. The Morgan fingerprint density at radius 3 is 2.56 bits per heavy atom. The van der Waals surface area contributed by atoms with E-state index in [0.717, 1.165) is 12.0 Å². The van der Waals surface area contributed by atoms with E-state index in [0.29, 0.717) is 5.88 Å². The van der Waals surface area contributed by atoms with E-state index in [1.54, 1.807) is 0 Å². The fourth-order valence-corrected chi connectivity index (χ4v) is 0.743. The Kier molecular flexibility index (Phi) is 4.51. The van der Waals surface area contributed by atoms with Crippen LogP contribution in [0.2, 0.25) is 0 Å². The van der Waals surface area contributed by atoms with Crippen LogP contribution in [-0.2, 0) is 0 Å². The Labute approximate surface area is 62.2 Å². The van der Waals surface area contributed by atoms with Gasteiger partial charge in [-0.25, -0.2) is 0 Å². The first kappa shape index (κ1) is 8.77. The minimum absolute atomic E-state index is 0.671. The highest BCUT2D eigenvalue weighted by Gasteiger charge is 1.92. The van der Waals surface area contributed by atoms with Crippen molar-refractivity contribution in [3.05, 3.63) is 23.8 Å². The second kappa shape index (κ2) is 4.63. The van der Waals surface area contributed by atoms with Crippen LogP contribution in [0.5, 0.6) is 0 Å². The first-order valence-corrected chi connectivity index (χ1v) is 3.62. The molecule has 0 bridgehead atoms. The molecule has 0 fully saturated rings. The average Bonchev–Trinajstić information content (AvgIpc) is 1.87. The molecule has 0 aromatic carbocycles. The molecule has 52 valence electrons. The van der Waals surface area contributed by atoms with Gasteiger partial charge in [0, 0.05) is 5.88 Å². The summed E-state index contributed by atoms with van der Waals surface area (Å²) in [6, 6.07) is 0. The molecule has 0 nitrogen and oxygen atoms in total. The van der Waals surface area contributed by atoms with Crippen LogP contribution in [0, 0.1) is 0 Å². The summed E-state index contributed by atoms with van der Waals surface area (Å²) in [4.78, 5) is 0. The van der Waals surface area contributed by atoms with Crippen molar-refractivity contribution in [1.29, 1.82) is 0 Å². The summed E-state index contributed by atoms with van der Waals surface area (Å²) in [7, 11) is 0. The van der Waals surface area contributed by atoms with Crippen molar-refractivity contribution in [2.75, 3.05) is 5.88 Å². The number of rotatable bonds is 3. The molecular formula is C8H13Cl. The highest BCUT2D eigenvalue weighted by molar-refractivity contribution is 6.18. The second-order valence-electron chi connectivity index (χ2n) is 2.01. The van der Waals surface area contributed by atoms with E-state index >= 15 is 0 Å². The van der Waals surface area contributed by atoms with Crippen LogP contribution in [-0.4, -0.2) is 5.88 Å². The van der Waals surface area contributed by atoms with Crippen LogP contribution in [0.15, 0.2) is 23.8 Å². The molecule has 9 heavy (non-hydrogen) atoms. The van der Waals surface area contributed by atoms with Crippen molar-refractivity contribution in [3.8, 4) is 0 Å². The van der Waals surface area contributed by atoms with E-state index in [9.17, 15) is 0 Å². The van der Waals surface area contributed by atoms with Gasteiger partial charge in [0.05, 0.1) is 0 Å². The molecule has 0 heterocycles. The molecule has 0 saturated heterocycles. The smallest absolute Gasteiger partial charge is 0.0263 e. The molecular weight excluding hydrogens is 132 g/mol. The molecule has 0 amide bonds. The van der Waals surface area contributed by atoms with Gasteiger partial charge in [-0.05, 0) is 20.3 Å². The maximum absolute atomic E-state index is 5.51. The van der Waals surface area contributed by atoms with Crippen molar-refractivity contribution < 1.29 is 0 Å². The molecule has 0 aliphatic rings. The number of halogens is 1. The molecule has 0 atom stereocenters. The molecule has 0 aromatic heterocycles. The zero-order valence-corrected chi connectivity index (χ0v) is 6.83. The Morgan fingerprint density at radius 1 is 1.67 bits per heavy atom. The van der Waals surface area contributed by atoms with Gasteiger partial charge in [0.2, 0.25) is 0 Å². The fourth-order valence-electron chi connectivity index (χ4n) is 0.515. The van der Waals surface area contributed by atoms with Gasteiger partial charge in [-0.2, -0.15) is 0 Å². The third-order valence-corrected chi connectivity index (χ3v) is 1.58. The zero-order chi connectivity index (χ0) is 7.28. The van der Waals surface area contributed by atoms with Gasteiger partial charge in [0.1, 0.15) is 0 Å². The van der Waals surface area contributed by atoms with Gasteiger partial charge in [-0.1, -0.05) is 23.8 Å². The maximum Gasteiger partial charge on any atom is 0.0263 e. The second-order valence-corrected chi connectivity index (χ2v) is 2.39. The summed E-state index contributed by atoms with van der Waals surface area (Å²) >= 11 is 5.51. The van der Waals surface area contributed by atoms with Gasteiger partial charge in [0.15, 0.2) is 0 Å². The molecule has 0 saturated carbocycles. The lowest BCUT2D eigenvalue weighted by Crippen LogP contribution is -1.83. The predicted octanol–water partition coefficient (Wildman–Crippen LogP) is 3.14. The van der Waals surface area contributed by atoms with Crippen LogP contribution < -0.4 is 0 Å². The Hall–Kier alpha value is -0.230. The third kappa shape index (κ3) is 3.36. The molecule has 0 spiro atoms. The predicted molar refractivity (Wildman–Crippen MR) is 43.9 cm³/mol. The van der Waals surface area contributed by atoms with E-state index in [2.05, 4.69) is 19.6 Å². The van der Waals surface area contributed by atoms with Crippen LogP contribution in [0.3, 0.4) is 0 Å². The maximum atomic E-state index is 5.51. The summed E-state index contributed by atoms with van der Waals surface area (Å²) in [5.74, 6) is 0.671. The molecule has 0 aromatic rings. The quantitative estimate of drug-likeness (QED) is 0.422. The first-order chi connectivity index (χ1) is 4.22. The van der Waals surface area contributed by atoms with Crippen LogP contribution >= 0.6 is 11.6 Å². The normalized spacial score (nSPS) is 11.7. The molecule has 1 heteroatoms. The summed E-state index contributed by atoms with van der Waals surface area (Å²) < 4.78 is 0. The third-order valence-electron chi connectivity index (χ3n) is 1.39.